The number of nitrogens with two attached hydrogens (primary N) is 2. The van der Waals surface area contributed by atoms with Gasteiger partial charge in [-0.25, -0.2) is 32.3 Å². The van der Waals surface area contributed by atoms with Gasteiger partial charge in [-0.1, -0.05) is 123 Å². The van der Waals surface area contributed by atoms with Crippen LogP contribution < -0.4 is 26.8 Å². The predicted octanol–water partition coefficient (Wildman–Crippen LogP) is 22.8. The van der Waals surface area contributed by atoms with E-state index in [0.717, 1.165) is 14.0 Å². The molecule has 0 bridgehead atoms. The molecule has 5 aromatic carbocycles. The second kappa shape index (κ2) is 40.8. The molecule has 1 atom stereocenters. The minimum absolute atomic E-state index is 0.0276. The number of thioether (sulfide) groups is 3. The fraction of sp³-hybridized carbons (Fsp3) is 0.164. The zero-order valence-corrected chi connectivity index (χ0v) is 69.1. The van der Waals surface area contributed by atoms with E-state index >= 15 is 0 Å². The number of nitriles is 3. The van der Waals surface area contributed by atoms with E-state index in [1.807, 2.05) is 6.07 Å². The van der Waals surface area contributed by atoms with E-state index in [1.165, 1.54) is 56.3 Å². The Morgan fingerprint density at radius 1 is 0.582 bits per heavy atom. The zero-order valence-electron chi connectivity index (χ0n) is 59.0. The highest BCUT2D eigenvalue weighted by molar-refractivity contribution is 8.00. The summed E-state index contributed by atoms with van der Waals surface area (Å²) >= 11 is 53.3. The van der Waals surface area contributed by atoms with Gasteiger partial charge >= 0.3 is 30.2 Å². The van der Waals surface area contributed by atoms with E-state index < -0.39 is 144 Å². The number of aliphatic imine (C=N–C) groups is 1. The average Bonchev–Trinajstić information content (AvgIpc) is 1.61. The highest BCUT2D eigenvalue weighted by atomic mass is 35.5. The number of nitrogen functional groups attached to an aromatic ring is 1. The molecule has 0 radical (unpaired) electrons. The third-order valence-electron chi connectivity index (χ3n) is 14.9. The number of methoxy groups -OCH3 is 1. The van der Waals surface area contributed by atoms with Crippen LogP contribution in [-0.2, 0) is 48.6 Å². The maximum Gasteiger partial charge on any atom is 0.476 e. The van der Waals surface area contributed by atoms with Crippen LogP contribution in [0.15, 0.2) is 134 Å². The van der Waals surface area contributed by atoms with Crippen LogP contribution in [0.4, 0.5) is 111 Å². The number of hydrogen-bond donors (Lipinski definition) is 5. The Morgan fingerprint density at radius 3 is 1.37 bits per heavy atom. The van der Waals surface area contributed by atoms with Crippen molar-refractivity contribution in [1.82, 2.24) is 54.1 Å². The Labute approximate surface area is 731 Å². The molecule has 0 aliphatic carbocycles. The van der Waals surface area contributed by atoms with Crippen LogP contribution in [0, 0.1) is 34.0 Å². The molecule has 644 valence electrons. The third kappa shape index (κ3) is 23.8. The summed E-state index contributed by atoms with van der Waals surface area (Å²) in [4.78, 5) is 14.1. The van der Waals surface area contributed by atoms with Crippen molar-refractivity contribution in [2.75, 3.05) is 29.5 Å². The topological polar surface area (TPSA) is 316 Å². The van der Waals surface area contributed by atoms with Gasteiger partial charge in [0.05, 0.1) is 115 Å². The van der Waals surface area contributed by atoms with Gasteiger partial charge in [0, 0.05) is 24.8 Å². The molecule has 0 saturated carbocycles. The lowest BCUT2D eigenvalue weighted by Gasteiger charge is -2.16. The fourth-order valence-electron chi connectivity index (χ4n) is 9.87. The first-order valence-corrected chi connectivity index (χ1v) is 39.0. The molecule has 0 fully saturated rings. The quantitative estimate of drug-likeness (QED) is 0.0193. The van der Waals surface area contributed by atoms with E-state index in [0.29, 0.717) is 81.9 Å². The van der Waals surface area contributed by atoms with Crippen LogP contribution in [0.5, 0.6) is 11.5 Å². The number of phenolic OH excluding ortho intramolecular Hbond substituents is 1. The molecule has 0 amide bonds. The summed E-state index contributed by atoms with van der Waals surface area (Å²) in [6.45, 7) is 0.157. The molecule has 6 aromatic heterocycles. The van der Waals surface area contributed by atoms with Crippen molar-refractivity contribution < 1.29 is 102 Å². The number of pyridine rings is 1. The van der Waals surface area contributed by atoms with Crippen molar-refractivity contribution in [3.05, 3.63) is 212 Å². The number of thiocarbonyl (C=S) groups is 1. The number of hydrogen-bond acceptors (Lipinski definition) is 21. The minimum atomic E-state index is -5.23. The summed E-state index contributed by atoms with van der Waals surface area (Å²) in [5.74, 6) is -7.04. The molecule has 122 heavy (non-hydrogen) atoms. The predicted molar refractivity (Wildman–Crippen MR) is 420 cm³/mol. The monoisotopic (exact) mass is 1970 g/mol. The van der Waals surface area contributed by atoms with Gasteiger partial charge in [-0.15, -0.1) is 0 Å². The molecule has 0 spiro atoms. The fourth-order valence-corrected chi connectivity index (χ4v) is 15.4. The molecule has 7 N–H and O–H groups in total. The van der Waals surface area contributed by atoms with Gasteiger partial charge in [0.2, 0.25) is 0 Å². The Kier molecular flexibility index (Phi) is 32.7. The van der Waals surface area contributed by atoms with E-state index in [-0.39, 0.29) is 119 Å². The lowest BCUT2D eigenvalue weighted by Crippen LogP contribution is -2.21. The number of halogens is 28. The number of rotatable bonds is 21. The number of ether oxygens (including phenoxy) is 1. The number of alkyl halides is 20. The van der Waals surface area contributed by atoms with Crippen molar-refractivity contribution in [2.24, 2.45) is 10.7 Å². The van der Waals surface area contributed by atoms with Gasteiger partial charge in [-0.2, -0.15) is 120 Å². The van der Waals surface area contributed by atoms with Crippen LogP contribution >= 0.6 is 140 Å². The van der Waals surface area contributed by atoms with Crippen LogP contribution in [0.1, 0.15) is 62.0 Å². The summed E-state index contributed by atoms with van der Waals surface area (Å²) in [7, 11) is -2.36. The largest absolute Gasteiger partial charge is 0.504 e. The lowest BCUT2D eigenvalue weighted by molar-refractivity contribution is -0.138. The number of aromatic nitrogens is 11. The normalized spacial score (nSPS) is 12.1. The summed E-state index contributed by atoms with van der Waals surface area (Å²) in [5, 5.41) is 55.4. The first-order chi connectivity index (χ1) is 57.0. The number of phenols is 1. The maximum atomic E-state index is 13.2. The molecular weight excluding hydrogens is 1940 g/mol. The van der Waals surface area contributed by atoms with Gasteiger partial charge in [0.1, 0.15) is 80.0 Å². The molecule has 6 heterocycles. The second-order valence-corrected chi connectivity index (χ2v) is 30.8. The first kappa shape index (κ1) is 97.8. The molecular formula is C67H37Cl8F20N19O3S5. The number of nitrogens with zero attached hydrogens (tertiary/aromatic N) is 15. The van der Waals surface area contributed by atoms with Crippen molar-refractivity contribution in [3.8, 4) is 52.5 Å². The molecule has 22 nitrogen and oxygen atoms in total. The molecule has 0 aliphatic heterocycles. The van der Waals surface area contributed by atoms with Crippen LogP contribution in [-0.4, -0.2) is 105 Å². The molecule has 11 rings (SSSR count). The number of nitrogens with one attached hydrogen (secondary N) is 2. The summed E-state index contributed by atoms with van der Waals surface area (Å²) in [6.07, 6.45) is -11.7. The summed E-state index contributed by atoms with van der Waals surface area (Å²) < 4.78 is 280. The molecule has 55 heteroatoms. The molecule has 1 unspecified atom stereocenters. The standard InChI is InChI=1S/C20H11Cl2F5N4O2S.C18H10Cl2F5N5S.C17H10Cl2F4N6S.C12H6Cl2F6N4OS2/c1-33-15-4-9(2-3-14(15)32)8-29-18-17(34-19(23)24)13(7-28)30-31(18)16-11(21)5-10(6-12(16)22)20(25,26)27;19-11-5-9(18(23,24)25)6-12(20)14(11)30-16(28-8-10-3-1-2-4-27-10)15(31-17(21)22)13(7-26)29-30;18-11-3-9(17(21,22)23)4-12(19)14(11)29-16(15(30-8-20)13(5-24)28-29)27-7-10-6-25-1-2-26-10;13-4-1-3(11(15,16)17)2-5(14)7(4)24-9(21)8(6(23-24)10(22)26)27(25)12(18,19)20/h2-6,8,19,32H,1H3;1-6,17,28H,8H2;1-4,6,27H,7-8H2;1-2H,21H2,(H2,22,26). The Balaban J connectivity index is 0.000000203. The van der Waals surface area contributed by atoms with Gasteiger partial charge in [-0.3, -0.25) is 15.0 Å². The van der Waals surface area contributed by atoms with Crippen LogP contribution in [0.3, 0.4) is 0 Å². The zero-order chi connectivity index (χ0) is 90.7. The maximum absolute atomic E-state index is 13.2. The Hall–Kier alpha value is -9.68. The average molecular weight is 1980 g/mol. The van der Waals surface area contributed by atoms with Crippen molar-refractivity contribution >= 4 is 186 Å². The lowest BCUT2D eigenvalue weighted by atomic mass is 10.2. The molecule has 0 saturated heterocycles. The number of aromatic hydroxyl groups is 1. The van der Waals surface area contributed by atoms with E-state index in [2.05, 4.69) is 63.2 Å². The van der Waals surface area contributed by atoms with E-state index in [4.69, 9.17) is 109 Å². The highest BCUT2D eigenvalue weighted by Crippen LogP contribution is 2.48. The van der Waals surface area contributed by atoms with Crippen LogP contribution in [0.2, 0.25) is 40.2 Å². The van der Waals surface area contributed by atoms with Gasteiger partial charge in [-0.05, 0) is 108 Å². The highest BCUT2D eigenvalue weighted by Gasteiger charge is 2.44. The first-order valence-electron chi connectivity index (χ1n) is 31.6. The van der Waals surface area contributed by atoms with Crippen LogP contribution in [0.25, 0.3) is 22.7 Å². The smallest absolute Gasteiger partial charge is 0.476 e. The van der Waals surface area contributed by atoms with Crippen molar-refractivity contribution in [1.29, 1.82) is 15.8 Å². The van der Waals surface area contributed by atoms with Crippen molar-refractivity contribution in [3.63, 3.8) is 0 Å². The molecule has 11 aromatic rings. The van der Waals surface area contributed by atoms with Crippen molar-refractivity contribution in [2.45, 2.75) is 74.4 Å². The second-order valence-electron chi connectivity index (χ2n) is 22.7. The Bertz CT molecular complexity index is 5810. The summed E-state index contributed by atoms with van der Waals surface area (Å²) in [6, 6.07) is 18.3. The van der Waals surface area contributed by atoms with Gasteiger partial charge < -0.3 is 31.9 Å². The number of anilines is 3. The summed E-state index contributed by atoms with van der Waals surface area (Å²) in [5.41, 5.74) is -0.167. The SMILES string of the molecule is COc1cc(C=Nc2c(SC(F)F)c(C#N)nn2-c2c(Cl)cc(C(F)(F)F)cc2Cl)ccc1O.N#Cc1nn(-c2c(Cl)cc(C(F)(F)F)cc2Cl)c(NCc2ccccn2)c1SC(F)F.N#Cc1nn(-c2c(Cl)cc(C(F)(F)F)cc2Cl)c(NCc2cnccn2)c1SCF.NC(=S)c1nn(-c2c(Cl)cc(C(F)(F)F)cc2Cl)c(N)c1S(=O)C(F)(F)F. The minimum Gasteiger partial charge on any atom is -0.504 e. The van der Waals surface area contributed by atoms with Gasteiger partial charge in [0.15, 0.2) is 45.2 Å². The number of benzene rings is 5. The van der Waals surface area contributed by atoms with E-state index in [1.54, 1.807) is 30.3 Å². The van der Waals surface area contributed by atoms with Gasteiger partial charge in [0.25, 0.3) is 11.5 Å². The third-order valence-corrected chi connectivity index (χ3v) is 21.0. The molecule has 0 aliphatic rings. The Morgan fingerprint density at radius 2 is 0.984 bits per heavy atom. The van der Waals surface area contributed by atoms with E-state index in [9.17, 15) is 113 Å².